The van der Waals surface area contributed by atoms with Gasteiger partial charge in [-0.2, -0.15) is 0 Å². The molecule has 88 valence electrons. The van der Waals surface area contributed by atoms with Crippen molar-refractivity contribution in [3.63, 3.8) is 0 Å². The third-order valence-electron chi connectivity index (χ3n) is 3.66. The Bertz CT molecular complexity index is 472. The first-order chi connectivity index (χ1) is 8.28. The van der Waals surface area contributed by atoms with Gasteiger partial charge in [0.25, 0.3) is 0 Å². The van der Waals surface area contributed by atoms with E-state index in [-0.39, 0.29) is 0 Å². The van der Waals surface area contributed by atoms with Gasteiger partial charge in [-0.05, 0) is 18.9 Å². The maximum Gasteiger partial charge on any atom is 0.144 e. The van der Waals surface area contributed by atoms with Crippen LogP contribution in [0.3, 0.4) is 0 Å². The van der Waals surface area contributed by atoms with Crippen molar-refractivity contribution < 1.29 is 0 Å². The number of piperazine rings is 1. The molecule has 0 amide bonds. The van der Waals surface area contributed by atoms with E-state index in [1.54, 1.807) is 0 Å². The number of nitrogens with zero attached hydrogens (tertiary/aromatic N) is 2. The van der Waals surface area contributed by atoms with Crippen molar-refractivity contribution in [2.24, 2.45) is 0 Å². The van der Waals surface area contributed by atoms with Gasteiger partial charge in [-0.3, -0.25) is 0 Å². The molecule has 0 saturated carbocycles. The van der Waals surface area contributed by atoms with Crippen molar-refractivity contribution in [2.45, 2.75) is 24.9 Å². The Morgan fingerprint density at radius 2 is 2.41 bits per heavy atom. The summed E-state index contributed by atoms with van der Waals surface area (Å²) in [6.45, 7) is 2.09. The standard InChI is InChI=1S/C13H14ClN3/c1-2-9-5-12(7-16-13(9)14)17-8-10-3-4-11(17)6-15-10/h1,5,7,10-11,15H,3-4,6,8H2/t10-,11+/m0/s1. The molecule has 3 aliphatic heterocycles. The first-order valence-electron chi connectivity index (χ1n) is 5.90. The van der Waals surface area contributed by atoms with Crippen LogP contribution in [0.25, 0.3) is 0 Å². The molecule has 4 heteroatoms. The Labute approximate surface area is 106 Å². The fraction of sp³-hybridized carbons (Fsp3) is 0.462. The molecule has 4 rings (SSSR count). The number of fused-ring (bicyclic) bond motifs is 3. The van der Waals surface area contributed by atoms with E-state index < -0.39 is 0 Å². The molecule has 1 N–H and O–H groups in total. The summed E-state index contributed by atoms with van der Waals surface area (Å²) in [5, 5.41) is 3.94. The van der Waals surface area contributed by atoms with Gasteiger partial charge in [0.2, 0.25) is 0 Å². The lowest BCUT2D eigenvalue weighted by atomic mass is 9.92. The monoisotopic (exact) mass is 247 g/mol. The van der Waals surface area contributed by atoms with E-state index in [4.69, 9.17) is 18.0 Å². The largest absolute Gasteiger partial charge is 0.364 e. The molecular weight excluding hydrogens is 234 g/mol. The predicted molar refractivity (Wildman–Crippen MR) is 69.3 cm³/mol. The Hall–Kier alpha value is -1.24. The van der Waals surface area contributed by atoms with Gasteiger partial charge in [-0.15, -0.1) is 6.42 Å². The van der Waals surface area contributed by atoms with Crippen molar-refractivity contribution in [3.8, 4) is 12.3 Å². The number of aromatic nitrogens is 1. The van der Waals surface area contributed by atoms with Crippen LogP contribution >= 0.6 is 11.6 Å². The van der Waals surface area contributed by atoms with Gasteiger partial charge in [-0.1, -0.05) is 17.5 Å². The minimum Gasteiger partial charge on any atom is -0.364 e. The molecule has 3 saturated heterocycles. The normalized spacial score (nSPS) is 26.9. The summed E-state index contributed by atoms with van der Waals surface area (Å²) >= 11 is 5.93. The molecule has 0 radical (unpaired) electrons. The minimum absolute atomic E-state index is 0.413. The van der Waals surface area contributed by atoms with E-state index in [0.29, 0.717) is 22.8 Å². The average Bonchev–Trinajstić information content (AvgIpc) is 2.40. The van der Waals surface area contributed by atoms with Crippen molar-refractivity contribution in [2.75, 3.05) is 18.0 Å². The average molecular weight is 248 g/mol. The van der Waals surface area contributed by atoms with Gasteiger partial charge in [-0.25, -0.2) is 4.98 Å². The molecule has 1 aromatic heterocycles. The van der Waals surface area contributed by atoms with Crippen LogP contribution in [0.15, 0.2) is 12.3 Å². The highest BCUT2D eigenvalue weighted by Gasteiger charge is 2.33. The van der Waals surface area contributed by atoms with E-state index >= 15 is 0 Å². The Balaban J connectivity index is 1.92. The van der Waals surface area contributed by atoms with Crippen molar-refractivity contribution in [1.29, 1.82) is 0 Å². The van der Waals surface area contributed by atoms with E-state index in [1.807, 2.05) is 12.3 Å². The summed E-state index contributed by atoms with van der Waals surface area (Å²) in [7, 11) is 0. The topological polar surface area (TPSA) is 28.2 Å². The number of halogens is 1. The van der Waals surface area contributed by atoms with Crippen LogP contribution in [0.4, 0.5) is 5.69 Å². The van der Waals surface area contributed by atoms with Crippen LogP contribution in [-0.4, -0.2) is 30.2 Å². The van der Waals surface area contributed by atoms with E-state index in [9.17, 15) is 0 Å². The number of hydrogen-bond acceptors (Lipinski definition) is 3. The molecular formula is C13H14ClN3. The highest BCUT2D eigenvalue weighted by molar-refractivity contribution is 6.30. The highest BCUT2D eigenvalue weighted by Crippen LogP contribution is 2.29. The summed E-state index contributed by atoms with van der Waals surface area (Å²) in [5.74, 6) is 2.58. The van der Waals surface area contributed by atoms with Crippen LogP contribution in [0.5, 0.6) is 0 Å². The van der Waals surface area contributed by atoms with E-state index in [2.05, 4.69) is 21.1 Å². The molecule has 0 unspecified atom stereocenters. The van der Waals surface area contributed by atoms with Crippen LogP contribution in [0.2, 0.25) is 5.15 Å². The fourth-order valence-electron chi connectivity index (χ4n) is 2.72. The second-order valence-electron chi connectivity index (χ2n) is 4.66. The predicted octanol–water partition coefficient (Wildman–Crippen LogP) is 1.66. The van der Waals surface area contributed by atoms with Gasteiger partial charge < -0.3 is 10.2 Å². The van der Waals surface area contributed by atoms with Gasteiger partial charge in [0, 0.05) is 25.2 Å². The van der Waals surface area contributed by atoms with Crippen molar-refractivity contribution >= 4 is 17.3 Å². The lowest BCUT2D eigenvalue weighted by Gasteiger charge is -2.47. The molecule has 17 heavy (non-hydrogen) atoms. The number of anilines is 1. The number of terminal acetylenes is 1. The van der Waals surface area contributed by atoms with Crippen LogP contribution in [0, 0.1) is 12.3 Å². The molecule has 2 bridgehead atoms. The molecule has 0 aromatic carbocycles. The molecule has 3 fully saturated rings. The zero-order valence-corrected chi connectivity index (χ0v) is 10.2. The van der Waals surface area contributed by atoms with Gasteiger partial charge in [0.15, 0.2) is 0 Å². The molecule has 0 aliphatic carbocycles. The fourth-order valence-corrected chi connectivity index (χ4v) is 2.88. The number of pyridine rings is 1. The molecule has 0 spiro atoms. The number of rotatable bonds is 1. The second kappa shape index (κ2) is 4.21. The number of hydrogen-bond donors (Lipinski definition) is 1. The molecule has 3 aliphatic rings. The summed E-state index contributed by atoms with van der Waals surface area (Å²) < 4.78 is 0. The Morgan fingerprint density at radius 3 is 3.00 bits per heavy atom. The molecule has 4 heterocycles. The third kappa shape index (κ3) is 1.88. The number of piperidine rings is 2. The van der Waals surface area contributed by atoms with Gasteiger partial charge in [0.1, 0.15) is 5.15 Å². The van der Waals surface area contributed by atoms with Crippen molar-refractivity contribution in [3.05, 3.63) is 23.0 Å². The lowest BCUT2D eigenvalue weighted by molar-refractivity contribution is 0.290. The van der Waals surface area contributed by atoms with Crippen LogP contribution < -0.4 is 10.2 Å². The van der Waals surface area contributed by atoms with Gasteiger partial charge >= 0.3 is 0 Å². The molecule has 3 nitrogen and oxygen atoms in total. The Kier molecular flexibility index (Phi) is 2.70. The maximum atomic E-state index is 5.93. The van der Waals surface area contributed by atoms with E-state index in [0.717, 1.165) is 18.8 Å². The third-order valence-corrected chi connectivity index (χ3v) is 3.96. The summed E-state index contributed by atoms with van der Waals surface area (Å²) in [5.41, 5.74) is 1.78. The second-order valence-corrected chi connectivity index (χ2v) is 5.02. The van der Waals surface area contributed by atoms with Crippen LogP contribution in [0.1, 0.15) is 18.4 Å². The first-order valence-corrected chi connectivity index (χ1v) is 6.28. The molecule has 2 atom stereocenters. The highest BCUT2D eigenvalue weighted by atomic mass is 35.5. The van der Waals surface area contributed by atoms with E-state index in [1.165, 1.54) is 12.8 Å². The summed E-state index contributed by atoms with van der Waals surface area (Å²) in [6, 6.07) is 3.13. The van der Waals surface area contributed by atoms with Crippen LogP contribution in [-0.2, 0) is 0 Å². The SMILES string of the molecule is C#Cc1cc(N2C[C@@H]3CC[C@@H]2CN3)cnc1Cl. The zero-order chi connectivity index (χ0) is 11.8. The smallest absolute Gasteiger partial charge is 0.144 e. The van der Waals surface area contributed by atoms with Crippen molar-refractivity contribution in [1.82, 2.24) is 10.3 Å². The summed E-state index contributed by atoms with van der Waals surface area (Å²) in [4.78, 5) is 6.57. The minimum atomic E-state index is 0.413. The maximum absolute atomic E-state index is 5.93. The zero-order valence-electron chi connectivity index (χ0n) is 9.49. The molecule has 1 aromatic rings. The lowest BCUT2D eigenvalue weighted by Crippen LogP contribution is -2.61. The number of nitrogens with one attached hydrogen (secondary N) is 1. The summed E-state index contributed by atoms with van der Waals surface area (Å²) in [6.07, 6.45) is 9.75. The van der Waals surface area contributed by atoms with Gasteiger partial charge in [0.05, 0.1) is 17.4 Å². The first kappa shape index (κ1) is 10.9. The Morgan fingerprint density at radius 1 is 1.53 bits per heavy atom. The quantitative estimate of drug-likeness (QED) is 0.604.